The normalized spacial score (nSPS) is 12.9. The van der Waals surface area contributed by atoms with E-state index in [9.17, 15) is 10.1 Å². The number of aromatic nitrogens is 4. The zero-order chi connectivity index (χ0) is 22.4. The third-order valence-electron chi connectivity index (χ3n) is 5.82. The van der Waals surface area contributed by atoms with E-state index in [0.29, 0.717) is 45.0 Å². The number of nitrogens with two attached hydrogens (primary N) is 1. The highest BCUT2D eigenvalue weighted by Crippen LogP contribution is 2.43. The van der Waals surface area contributed by atoms with Crippen LogP contribution >= 0.6 is 11.6 Å². The number of H-pyrrole nitrogens is 1. The van der Waals surface area contributed by atoms with Crippen LogP contribution in [0.25, 0.3) is 33.2 Å². The summed E-state index contributed by atoms with van der Waals surface area (Å²) in [6.45, 7) is 0.737. The number of ether oxygens (including phenoxy) is 1. The van der Waals surface area contributed by atoms with E-state index in [-0.39, 0.29) is 12.1 Å². The Morgan fingerprint density at radius 1 is 1.31 bits per heavy atom. The molecule has 3 N–H and O–H groups in total. The van der Waals surface area contributed by atoms with Crippen LogP contribution in [0.1, 0.15) is 23.2 Å². The molecule has 160 valence electrons. The first-order chi connectivity index (χ1) is 15.5. The maximum Gasteiger partial charge on any atom is 0.272 e. The minimum atomic E-state index is -0.277. The largest absolute Gasteiger partial charge is 0.492 e. The molecule has 0 saturated heterocycles. The fraction of sp³-hybridized carbons (Fsp3) is 0.217. The number of benzene rings is 2. The smallest absolute Gasteiger partial charge is 0.272 e. The van der Waals surface area contributed by atoms with Crippen molar-refractivity contribution < 1.29 is 4.74 Å². The summed E-state index contributed by atoms with van der Waals surface area (Å²) in [5.41, 5.74) is 10.4. The summed E-state index contributed by atoms with van der Waals surface area (Å²) in [6.07, 6.45) is 3.37. The highest BCUT2D eigenvalue weighted by Gasteiger charge is 2.25. The summed E-state index contributed by atoms with van der Waals surface area (Å²) in [6, 6.07) is 9.59. The van der Waals surface area contributed by atoms with Crippen LogP contribution in [-0.2, 0) is 20.0 Å². The number of hydrogen-bond acceptors (Lipinski definition) is 6. The number of rotatable bonds is 3. The second kappa shape index (κ2) is 7.79. The van der Waals surface area contributed by atoms with Gasteiger partial charge in [-0.3, -0.25) is 9.48 Å². The molecule has 0 atom stereocenters. The molecule has 9 heteroatoms. The predicted molar refractivity (Wildman–Crippen MR) is 121 cm³/mol. The standard InChI is InChI=1S/C23H19ClN6O2/c1-30-21(16-8-19(24)14-3-2-6-32-22(14)17(16)9-25)18(11-27-30)12-4-5-13-15(7-12)20(10-26)28-29-23(13)31/h4-5,7-8,11H,2-3,6,10,26H2,1H3,(H,29,31). The van der Waals surface area contributed by atoms with Crippen LogP contribution < -0.4 is 16.0 Å². The van der Waals surface area contributed by atoms with Crippen LogP contribution in [0.15, 0.2) is 35.3 Å². The summed E-state index contributed by atoms with van der Waals surface area (Å²) in [5.74, 6) is 0.549. The molecule has 0 radical (unpaired) electrons. The average Bonchev–Trinajstić information content (AvgIpc) is 3.20. The van der Waals surface area contributed by atoms with Gasteiger partial charge in [-0.15, -0.1) is 0 Å². The topological polar surface area (TPSA) is 123 Å². The Kier molecular flexibility index (Phi) is 4.93. The number of nitrogens with zero attached hydrogens (tertiary/aromatic N) is 4. The molecule has 0 saturated carbocycles. The lowest BCUT2D eigenvalue weighted by Crippen LogP contribution is -2.13. The van der Waals surface area contributed by atoms with Crippen LogP contribution in [0.5, 0.6) is 5.75 Å². The molecule has 0 bridgehead atoms. The molecule has 1 aliphatic heterocycles. The van der Waals surface area contributed by atoms with Gasteiger partial charge in [0.15, 0.2) is 0 Å². The number of aryl methyl sites for hydroxylation is 1. The SMILES string of the molecule is Cn1ncc(-c2ccc3c(=O)[nH]nc(CN)c3c2)c1-c1cc(Cl)c2c(c1C#N)OCCC2. The van der Waals surface area contributed by atoms with Crippen molar-refractivity contribution in [1.29, 1.82) is 5.26 Å². The molecule has 0 fully saturated rings. The molecule has 4 aromatic rings. The molecule has 0 spiro atoms. The van der Waals surface area contributed by atoms with E-state index in [1.807, 2.05) is 25.2 Å². The lowest BCUT2D eigenvalue weighted by atomic mass is 9.93. The Morgan fingerprint density at radius 2 is 2.16 bits per heavy atom. The van der Waals surface area contributed by atoms with Crippen LogP contribution in [0.4, 0.5) is 0 Å². The molecule has 1 aliphatic rings. The van der Waals surface area contributed by atoms with E-state index in [4.69, 9.17) is 22.1 Å². The number of nitriles is 1. The number of aromatic amines is 1. The highest BCUT2D eigenvalue weighted by atomic mass is 35.5. The van der Waals surface area contributed by atoms with Gasteiger partial charge in [0.1, 0.15) is 17.4 Å². The van der Waals surface area contributed by atoms with Crippen molar-refractivity contribution in [3.63, 3.8) is 0 Å². The Hall–Kier alpha value is -3.67. The van der Waals surface area contributed by atoms with Gasteiger partial charge in [0.05, 0.1) is 29.6 Å². The number of nitrogens with one attached hydrogen (secondary N) is 1. The van der Waals surface area contributed by atoms with Crippen molar-refractivity contribution in [2.45, 2.75) is 19.4 Å². The summed E-state index contributed by atoms with van der Waals surface area (Å²) in [4.78, 5) is 12.2. The molecule has 2 aromatic carbocycles. The van der Waals surface area contributed by atoms with Crippen molar-refractivity contribution in [3.05, 3.63) is 62.7 Å². The van der Waals surface area contributed by atoms with Crippen molar-refractivity contribution in [3.8, 4) is 34.2 Å². The van der Waals surface area contributed by atoms with Crippen molar-refractivity contribution >= 4 is 22.4 Å². The second-order valence-electron chi connectivity index (χ2n) is 7.65. The zero-order valence-electron chi connectivity index (χ0n) is 17.3. The summed E-state index contributed by atoms with van der Waals surface area (Å²) >= 11 is 6.60. The third-order valence-corrected chi connectivity index (χ3v) is 6.16. The molecule has 0 unspecified atom stereocenters. The Bertz CT molecular complexity index is 1480. The molecular weight excluding hydrogens is 428 g/mol. The summed E-state index contributed by atoms with van der Waals surface area (Å²) < 4.78 is 7.56. The van der Waals surface area contributed by atoms with Gasteiger partial charge in [0.25, 0.3) is 5.56 Å². The first-order valence-electron chi connectivity index (χ1n) is 10.2. The quantitative estimate of drug-likeness (QED) is 0.497. The van der Waals surface area contributed by atoms with Gasteiger partial charge in [-0.2, -0.15) is 15.5 Å². The van der Waals surface area contributed by atoms with Crippen molar-refractivity contribution in [2.75, 3.05) is 6.61 Å². The van der Waals surface area contributed by atoms with Crippen molar-refractivity contribution in [1.82, 2.24) is 20.0 Å². The zero-order valence-corrected chi connectivity index (χ0v) is 18.0. The third kappa shape index (κ3) is 3.06. The predicted octanol–water partition coefficient (Wildman–Crippen LogP) is 3.30. The van der Waals surface area contributed by atoms with Gasteiger partial charge in [-0.1, -0.05) is 17.7 Å². The maximum atomic E-state index is 12.2. The Morgan fingerprint density at radius 3 is 2.94 bits per heavy atom. The highest BCUT2D eigenvalue weighted by molar-refractivity contribution is 6.32. The van der Waals surface area contributed by atoms with E-state index in [1.165, 1.54) is 0 Å². The fourth-order valence-corrected chi connectivity index (χ4v) is 4.58. The molecule has 0 amide bonds. The number of hydrogen-bond donors (Lipinski definition) is 2. The molecule has 3 heterocycles. The minimum absolute atomic E-state index is 0.187. The van der Waals surface area contributed by atoms with E-state index >= 15 is 0 Å². The minimum Gasteiger partial charge on any atom is -0.492 e. The second-order valence-corrected chi connectivity index (χ2v) is 8.05. The van der Waals surface area contributed by atoms with Gasteiger partial charge < -0.3 is 10.5 Å². The molecular formula is C23H19ClN6O2. The van der Waals surface area contributed by atoms with Gasteiger partial charge in [-0.05, 0) is 36.6 Å². The van der Waals surface area contributed by atoms with Gasteiger partial charge in [-0.25, -0.2) is 5.10 Å². The van der Waals surface area contributed by atoms with Gasteiger partial charge in [0, 0.05) is 40.7 Å². The molecule has 5 rings (SSSR count). The average molecular weight is 447 g/mol. The van der Waals surface area contributed by atoms with Crippen LogP contribution in [0.2, 0.25) is 5.02 Å². The maximum absolute atomic E-state index is 12.2. The van der Waals surface area contributed by atoms with Crippen molar-refractivity contribution in [2.24, 2.45) is 12.8 Å². The molecule has 32 heavy (non-hydrogen) atoms. The van der Waals surface area contributed by atoms with Gasteiger partial charge >= 0.3 is 0 Å². The lowest BCUT2D eigenvalue weighted by molar-refractivity contribution is 0.287. The van der Waals surface area contributed by atoms with E-state index in [0.717, 1.165) is 35.2 Å². The van der Waals surface area contributed by atoms with E-state index in [2.05, 4.69) is 21.4 Å². The first-order valence-corrected chi connectivity index (χ1v) is 10.5. The summed E-state index contributed by atoms with van der Waals surface area (Å²) in [5, 5.41) is 22.7. The lowest BCUT2D eigenvalue weighted by Gasteiger charge is -2.22. The molecule has 2 aromatic heterocycles. The van der Waals surface area contributed by atoms with Crippen LogP contribution in [0, 0.1) is 11.3 Å². The monoisotopic (exact) mass is 446 g/mol. The molecule has 0 aliphatic carbocycles. The Balaban J connectivity index is 1.77. The van der Waals surface area contributed by atoms with E-state index in [1.54, 1.807) is 16.9 Å². The summed E-state index contributed by atoms with van der Waals surface area (Å²) in [7, 11) is 1.81. The van der Waals surface area contributed by atoms with Crippen LogP contribution in [0.3, 0.4) is 0 Å². The number of halogens is 1. The number of fused-ring (bicyclic) bond motifs is 2. The van der Waals surface area contributed by atoms with Crippen LogP contribution in [-0.4, -0.2) is 26.6 Å². The fourth-order valence-electron chi connectivity index (χ4n) is 4.29. The van der Waals surface area contributed by atoms with Gasteiger partial charge in [0.2, 0.25) is 0 Å². The van der Waals surface area contributed by atoms with E-state index < -0.39 is 0 Å². The first kappa shape index (κ1) is 20.2. The molecule has 8 nitrogen and oxygen atoms in total. The Labute approximate surface area is 188 Å².